The minimum absolute atomic E-state index is 0.721. The largest absolute Gasteiger partial charge is 0.298 e. The average Bonchev–Trinajstić information content (AvgIpc) is 3.43. The van der Waals surface area contributed by atoms with Gasteiger partial charge in [-0.1, -0.05) is 97.1 Å². The molecule has 206 valence electrons. The molecule has 4 aromatic carbocycles. The van der Waals surface area contributed by atoms with Crippen LogP contribution in [0.25, 0.3) is 61.8 Å². The van der Waals surface area contributed by atoms with Crippen LogP contribution in [0.4, 0.5) is 0 Å². The molecule has 0 saturated heterocycles. The number of nitrogens with zero attached hydrogens (tertiary/aromatic N) is 4. The number of pyridine rings is 1. The smallest absolute Gasteiger partial charge is 0.160 e. The Labute approximate surface area is 251 Å². The average molecular weight is 555 g/mol. The lowest BCUT2D eigenvalue weighted by Crippen LogP contribution is -2.07. The van der Waals surface area contributed by atoms with Crippen molar-refractivity contribution in [3.63, 3.8) is 0 Å². The molecule has 0 fully saturated rings. The lowest BCUT2D eigenvalue weighted by molar-refractivity contribution is 0.666. The fraction of sp³-hybridized carbons (Fsp3) is 0.103. The molecule has 3 aromatic heterocycles. The second-order valence-corrected chi connectivity index (χ2v) is 11.2. The maximum Gasteiger partial charge on any atom is 0.160 e. The van der Waals surface area contributed by atoms with Crippen molar-refractivity contribution in [1.29, 1.82) is 0 Å². The normalized spacial score (nSPS) is 12.7. The second-order valence-electron chi connectivity index (χ2n) is 11.2. The number of hydrogen-bond donors (Lipinski definition) is 0. The molecular formula is C39H30N4. The minimum Gasteiger partial charge on any atom is -0.298 e. The minimum atomic E-state index is 0.721. The molecule has 43 heavy (non-hydrogen) atoms. The fourth-order valence-corrected chi connectivity index (χ4v) is 6.35. The first-order valence-electron chi connectivity index (χ1n) is 15.0. The van der Waals surface area contributed by atoms with Gasteiger partial charge < -0.3 is 0 Å². The van der Waals surface area contributed by atoms with Crippen LogP contribution in [0.2, 0.25) is 0 Å². The number of benzene rings is 4. The van der Waals surface area contributed by atoms with E-state index in [0.29, 0.717) is 0 Å². The van der Waals surface area contributed by atoms with Crippen molar-refractivity contribution in [2.45, 2.75) is 25.7 Å². The summed E-state index contributed by atoms with van der Waals surface area (Å²) in [4.78, 5) is 14.9. The summed E-state index contributed by atoms with van der Waals surface area (Å²) in [5.74, 6) is 0.721. The number of aromatic nitrogens is 4. The molecule has 1 aliphatic rings. The maximum absolute atomic E-state index is 5.05. The van der Waals surface area contributed by atoms with Gasteiger partial charge in [-0.05, 0) is 72.7 Å². The Morgan fingerprint density at radius 3 is 1.79 bits per heavy atom. The van der Waals surface area contributed by atoms with Crippen molar-refractivity contribution in [2.75, 3.05) is 0 Å². The maximum atomic E-state index is 5.05. The number of hydrogen-bond acceptors (Lipinski definition) is 3. The number of aryl methyl sites for hydroxylation is 1. The molecule has 0 N–H and O–H groups in total. The standard InChI is InChI=1S/C39H30N4/c1-3-10-27(11-4-1)28-17-19-29(20-18-28)35-26-36(42-38(41-35)31-12-5-2-6-13-31)30-21-23-32(24-22-30)43-37-16-8-7-14-33(37)34-15-9-25-40-39(34)43/h1-6,9-13,15,17-26H,7-8,14,16H2. The first kappa shape index (κ1) is 25.4. The summed E-state index contributed by atoms with van der Waals surface area (Å²) in [6.07, 6.45) is 6.58. The molecule has 4 heteroatoms. The van der Waals surface area contributed by atoms with E-state index in [1.165, 1.54) is 40.6 Å². The number of fused-ring (bicyclic) bond motifs is 3. The SMILES string of the molecule is c1ccc(-c2ccc(-c3cc(-c4ccc(-n5c6c(c7cccnc75)CCCC6)cc4)nc(-c4ccccc4)n3)cc2)cc1. The summed E-state index contributed by atoms with van der Waals surface area (Å²) in [5.41, 5.74) is 12.4. The monoisotopic (exact) mass is 554 g/mol. The Morgan fingerprint density at radius 2 is 1.09 bits per heavy atom. The van der Waals surface area contributed by atoms with Crippen LogP contribution >= 0.6 is 0 Å². The quantitative estimate of drug-likeness (QED) is 0.213. The first-order chi connectivity index (χ1) is 21.3. The van der Waals surface area contributed by atoms with Crippen LogP contribution in [-0.4, -0.2) is 19.5 Å². The fourth-order valence-electron chi connectivity index (χ4n) is 6.35. The van der Waals surface area contributed by atoms with E-state index in [9.17, 15) is 0 Å². The molecule has 0 bridgehead atoms. The van der Waals surface area contributed by atoms with Crippen molar-refractivity contribution in [2.24, 2.45) is 0 Å². The van der Waals surface area contributed by atoms with Gasteiger partial charge in [0.25, 0.3) is 0 Å². The molecule has 0 saturated carbocycles. The van der Waals surface area contributed by atoms with Crippen LogP contribution in [0.5, 0.6) is 0 Å². The van der Waals surface area contributed by atoms with Gasteiger partial charge in [0, 0.05) is 39.7 Å². The highest BCUT2D eigenvalue weighted by molar-refractivity contribution is 5.84. The Hall–Kier alpha value is -5.35. The van der Waals surface area contributed by atoms with Crippen molar-refractivity contribution >= 4 is 11.0 Å². The van der Waals surface area contributed by atoms with Crippen LogP contribution in [0, 0.1) is 0 Å². The summed E-state index contributed by atoms with van der Waals surface area (Å²) < 4.78 is 2.36. The highest BCUT2D eigenvalue weighted by Gasteiger charge is 2.21. The molecule has 7 aromatic rings. The van der Waals surface area contributed by atoms with Crippen molar-refractivity contribution < 1.29 is 0 Å². The third kappa shape index (κ3) is 4.71. The van der Waals surface area contributed by atoms with Gasteiger partial charge in [-0.25, -0.2) is 15.0 Å². The van der Waals surface area contributed by atoms with Crippen LogP contribution in [0.3, 0.4) is 0 Å². The molecule has 4 nitrogen and oxygen atoms in total. The number of rotatable bonds is 5. The van der Waals surface area contributed by atoms with Crippen LogP contribution in [0.15, 0.2) is 134 Å². The highest BCUT2D eigenvalue weighted by Crippen LogP contribution is 2.35. The van der Waals surface area contributed by atoms with Crippen LogP contribution in [-0.2, 0) is 12.8 Å². The molecule has 0 spiro atoms. The molecule has 0 atom stereocenters. The molecule has 0 amide bonds. The third-order valence-corrected chi connectivity index (χ3v) is 8.50. The molecule has 0 radical (unpaired) electrons. The molecular weight excluding hydrogens is 524 g/mol. The van der Waals surface area contributed by atoms with Crippen LogP contribution in [0.1, 0.15) is 24.1 Å². The Bertz CT molecular complexity index is 2040. The lowest BCUT2D eigenvalue weighted by Gasteiger charge is -2.16. The van der Waals surface area contributed by atoms with E-state index < -0.39 is 0 Å². The predicted molar refractivity (Wildman–Crippen MR) is 175 cm³/mol. The Kier molecular flexibility index (Phi) is 6.38. The van der Waals surface area contributed by atoms with Crippen molar-refractivity contribution in [3.05, 3.63) is 145 Å². The molecule has 0 aliphatic heterocycles. The Balaban J connectivity index is 1.20. The van der Waals surface area contributed by atoms with E-state index in [0.717, 1.165) is 58.1 Å². The van der Waals surface area contributed by atoms with E-state index in [-0.39, 0.29) is 0 Å². The van der Waals surface area contributed by atoms with Gasteiger partial charge in [0.2, 0.25) is 0 Å². The molecule has 1 aliphatic carbocycles. The summed E-state index contributed by atoms with van der Waals surface area (Å²) in [6.45, 7) is 0. The molecule has 8 rings (SSSR count). The highest BCUT2D eigenvalue weighted by atomic mass is 15.1. The van der Waals surface area contributed by atoms with E-state index in [2.05, 4.69) is 108 Å². The predicted octanol–water partition coefficient (Wildman–Crippen LogP) is 9.36. The topological polar surface area (TPSA) is 43.6 Å². The van der Waals surface area contributed by atoms with Crippen LogP contribution < -0.4 is 0 Å². The summed E-state index contributed by atoms with van der Waals surface area (Å²) >= 11 is 0. The second kappa shape index (κ2) is 10.8. The van der Waals surface area contributed by atoms with E-state index >= 15 is 0 Å². The van der Waals surface area contributed by atoms with Gasteiger partial charge in [-0.15, -0.1) is 0 Å². The molecule has 0 unspecified atom stereocenters. The van der Waals surface area contributed by atoms with Gasteiger partial charge in [-0.3, -0.25) is 4.57 Å². The molecule has 3 heterocycles. The van der Waals surface area contributed by atoms with Gasteiger partial charge in [0.15, 0.2) is 5.82 Å². The third-order valence-electron chi connectivity index (χ3n) is 8.50. The zero-order valence-electron chi connectivity index (χ0n) is 23.8. The zero-order valence-corrected chi connectivity index (χ0v) is 23.8. The summed E-state index contributed by atoms with van der Waals surface area (Å²) in [5, 5.41) is 1.28. The van der Waals surface area contributed by atoms with Crippen molar-refractivity contribution in [1.82, 2.24) is 19.5 Å². The van der Waals surface area contributed by atoms with Gasteiger partial charge in [0.1, 0.15) is 5.65 Å². The van der Waals surface area contributed by atoms with E-state index in [4.69, 9.17) is 15.0 Å². The first-order valence-corrected chi connectivity index (χ1v) is 15.0. The van der Waals surface area contributed by atoms with Gasteiger partial charge in [-0.2, -0.15) is 0 Å². The van der Waals surface area contributed by atoms with E-state index in [1.807, 2.05) is 30.5 Å². The summed E-state index contributed by atoms with van der Waals surface area (Å²) in [7, 11) is 0. The summed E-state index contributed by atoms with van der Waals surface area (Å²) in [6, 6.07) is 44.5. The van der Waals surface area contributed by atoms with Crippen molar-refractivity contribution in [3.8, 4) is 50.7 Å². The van der Waals surface area contributed by atoms with E-state index in [1.54, 1.807) is 0 Å². The zero-order chi connectivity index (χ0) is 28.6. The van der Waals surface area contributed by atoms with Gasteiger partial charge >= 0.3 is 0 Å². The van der Waals surface area contributed by atoms with Gasteiger partial charge in [0.05, 0.1) is 11.4 Å². The Morgan fingerprint density at radius 1 is 0.512 bits per heavy atom. The lowest BCUT2D eigenvalue weighted by atomic mass is 9.96.